The lowest BCUT2D eigenvalue weighted by atomic mass is 10.1. The molecule has 1 unspecified atom stereocenters. The lowest BCUT2D eigenvalue weighted by Gasteiger charge is -2.16. The van der Waals surface area contributed by atoms with Crippen LogP contribution in [0.4, 0.5) is 10.1 Å². The zero-order chi connectivity index (χ0) is 13.1. The van der Waals surface area contributed by atoms with E-state index < -0.39 is 0 Å². The van der Waals surface area contributed by atoms with Gasteiger partial charge in [-0.3, -0.25) is 0 Å². The van der Waals surface area contributed by atoms with Gasteiger partial charge in [-0.2, -0.15) is 0 Å². The fourth-order valence-corrected chi connectivity index (χ4v) is 2.02. The molecule has 18 heavy (non-hydrogen) atoms. The third kappa shape index (κ3) is 3.02. The molecule has 0 aliphatic heterocycles. The maximum absolute atomic E-state index is 13.7. The molecule has 0 saturated carbocycles. The average Bonchev–Trinajstić information content (AvgIpc) is 2.32. The second kappa shape index (κ2) is 5.40. The molecule has 0 bridgehead atoms. The van der Waals surface area contributed by atoms with E-state index in [4.69, 9.17) is 11.6 Å². The summed E-state index contributed by atoms with van der Waals surface area (Å²) in [7, 11) is 0. The number of halogens is 2. The summed E-state index contributed by atoms with van der Waals surface area (Å²) in [6.45, 7) is 4.04. The van der Waals surface area contributed by atoms with Crippen molar-refractivity contribution in [2.45, 2.75) is 19.9 Å². The molecule has 0 aromatic heterocycles. The second-order valence-corrected chi connectivity index (χ2v) is 4.84. The molecule has 2 rings (SSSR count). The molecule has 0 heterocycles. The Kier molecular flexibility index (Phi) is 3.87. The van der Waals surface area contributed by atoms with E-state index in [1.54, 1.807) is 12.1 Å². The summed E-state index contributed by atoms with van der Waals surface area (Å²) < 4.78 is 13.7. The normalized spacial score (nSPS) is 12.2. The third-order valence-corrected chi connectivity index (χ3v) is 3.08. The Morgan fingerprint density at radius 2 is 1.94 bits per heavy atom. The van der Waals surface area contributed by atoms with Gasteiger partial charge in [0.05, 0.1) is 5.69 Å². The van der Waals surface area contributed by atoms with Crippen molar-refractivity contribution < 1.29 is 4.39 Å². The molecule has 0 amide bonds. The van der Waals surface area contributed by atoms with E-state index in [1.165, 1.54) is 11.6 Å². The van der Waals surface area contributed by atoms with E-state index in [-0.39, 0.29) is 11.9 Å². The van der Waals surface area contributed by atoms with Crippen LogP contribution in [0.1, 0.15) is 24.1 Å². The molecular weight excluding hydrogens is 249 g/mol. The zero-order valence-corrected chi connectivity index (χ0v) is 11.1. The molecule has 1 nitrogen and oxygen atoms in total. The lowest BCUT2D eigenvalue weighted by molar-refractivity contribution is 0.627. The Morgan fingerprint density at radius 3 is 2.61 bits per heavy atom. The number of hydrogen-bond acceptors (Lipinski definition) is 1. The minimum atomic E-state index is -0.331. The number of hydrogen-bond donors (Lipinski definition) is 1. The van der Waals surface area contributed by atoms with E-state index in [9.17, 15) is 4.39 Å². The maximum atomic E-state index is 13.7. The maximum Gasteiger partial charge on any atom is 0.147 e. The van der Waals surface area contributed by atoms with Crippen LogP contribution in [-0.2, 0) is 0 Å². The smallest absolute Gasteiger partial charge is 0.147 e. The number of rotatable bonds is 3. The van der Waals surface area contributed by atoms with Crippen molar-refractivity contribution >= 4 is 17.3 Å². The molecule has 1 N–H and O–H groups in total. The standard InChI is InChI=1S/C15H15ClFN/c1-10-4-3-5-12(8-10)11(2)18-15-7-6-13(16)9-14(15)17/h3-9,11,18H,1-2H3. The van der Waals surface area contributed by atoms with Gasteiger partial charge in [-0.15, -0.1) is 0 Å². The molecule has 0 fully saturated rings. The highest BCUT2D eigenvalue weighted by molar-refractivity contribution is 6.30. The zero-order valence-electron chi connectivity index (χ0n) is 10.4. The van der Waals surface area contributed by atoms with Crippen molar-refractivity contribution in [2.24, 2.45) is 0 Å². The van der Waals surface area contributed by atoms with Gasteiger partial charge in [-0.05, 0) is 37.6 Å². The highest BCUT2D eigenvalue weighted by Gasteiger charge is 2.08. The Balaban J connectivity index is 2.18. The minimum Gasteiger partial charge on any atom is -0.376 e. The van der Waals surface area contributed by atoms with E-state index in [0.717, 1.165) is 5.56 Å². The van der Waals surface area contributed by atoms with E-state index >= 15 is 0 Å². The minimum absolute atomic E-state index is 0.0422. The molecule has 2 aromatic rings. The fraction of sp³-hybridized carbons (Fsp3) is 0.200. The van der Waals surface area contributed by atoms with Crippen molar-refractivity contribution in [3.63, 3.8) is 0 Å². The Hall–Kier alpha value is -1.54. The highest BCUT2D eigenvalue weighted by atomic mass is 35.5. The van der Waals surface area contributed by atoms with Gasteiger partial charge in [-0.1, -0.05) is 41.4 Å². The second-order valence-electron chi connectivity index (χ2n) is 4.40. The van der Waals surface area contributed by atoms with Crippen LogP contribution in [0, 0.1) is 12.7 Å². The van der Waals surface area contributed by atoms with Gasteiger partial charge in [0.2, 0.25) is 0 Å². The van der Waals surface area contributed by atoms with Crippen LogP contribution in [-0.4, -0.2) is 0 Å². The quantitative estimate of drug-likeness (QED) is 0.825. The first-order valence-corrected chi connectivity index (χ1v) is 6.22. The predicted octanol–water partition coefficient (Wildman–Crippen LogP) is 4.96. The Morgan fingerprint density at radius 1 is 1.17 bits per heavy atom. The van der Waals surface area contributed by atoms with E-state index in [1.807, 2.05) is 32.0 Å². The highest BCUT2D eigenvalue weighted by Crippen LogP contribution is 2.24. The molecule has 1 atom stereocenters. The van der Waals surface area contributed by atoms with E-state index in [2.05, 4.69) is 11.4 Å². The third-order valence-electron chi connectivity index (χ3n) is 2.85. The lowest BCUT2D eigenvalue weighted by Crippen LogP contribution is -2.08. The van der Waals surface area contributed by atoms with Crippen LogP contribution in [0.3, 0.4) is 0 Å². The van der Waals surface area contributed by atoms with Gasteiger partial charge >= 0.3 is 0 Å². The predicted molar refractivity (Wildman–Crippen MR) is 74.6 cm³/mol. The number of nitrogens with one attached hydrogen (secondary N) is 1. The SMILES string of the molecule is Cc1cccc(C(C)Nc2ccc(Cl)cc2F)c1. The summed E-state index contributed by atoms with van der Waals surface area (Å²) >= 11 is 5.72. The van der Waals surface area contributed by atoms with Gasteiger partial charge in [0.15, 0.2) is 0 Å². The fourth-order valence-electron chi connectivity index (χ4n) is 1.86. The molecule has 0 spiro atoms. The summed E-state index contributed by atoms with van der Waals surface area (Å²) in [5.41, 5.74) is 2.79. The van der Waals surface area contributed by atoms with E-state index in [0.29, 0.717) is 10.7 Å². The molecule has 2 aromatic carbocycles. The monoisotopic (exact) mass is 263 g/mol. The van der Waals surface area contributed by atoms with Crippen molar-refractivity contribution in [3.05, 3.63) is 64.4 Å². The van der Waals surface area contributed by atoms with Gasteiger partial charge in [0.25, 0.3) is 0 Å². The number of benzene rings is 2. The molecule has 0 aliphatic carbocycles. The van der Waals surface area contributed by atoms with Crippen LogP contribution < -0.4 is 5.32 Å². The van der Waals surface area contributed by atoms with Gasteiger partial charge in [0, 0.05) is 11.1 Å². The van der Waals surface area contributed by atoms with Crippen LogP contribution in [0.2, 0.25) is 5.02 Å². The van der Waals surface area contributed by atoms with Crippen molar-refractivity contribution in [1.82, 2.24) is 0 Å². The summed E-state index contributed by atoms with van der Waals surface area (Å²) in [5.74, 6) is -0.331. The molecule has 3 heteroatoms. The van der Waals surface area contributed by atoms with Gasteiger partial charge in [0.1, 0.15) is 5.82 Å². The summed E-state index contributed by atoms with van der Waals surface area (Å²) in [6, 6.07) is 12.8. The Labute approximate surface area is 112 Å². The van der Waals surface area contributed by atoms with Gasteiger partial charge in [-0.25, -0.2) is 4.39 Å². The van der Waals surface area contributed by atoms with Crippen LogP contribution in [0.25, 0.3) is 0 Å². The molecule has 0 radical (unpaired) electrons. The van der Waals surface area contributed by atoms with Crippen molar-refractivity contribution in [1.29, 1.82) is 0 Å². The van der Waals surface area contributed by atoms with Gasteiger partial charge < -0.3 is 5.32 Å². The molecule has 94 valence electrons. The summed E-state index contributed by atoms with van der Waals surface area (Å²) in [5, 5.41) is 3.55. The Bertz CT molecular complexity index is 554. The largest absolute Gasteiger partial charge is 0.376 e. The molecule has 0 aliphatic rings. The first kappa shape index (κ1) is 12.9. The topological polar surface area (TPSA) is 12.0 Å². The van der Waals surface area contributed by atoms with Crippen LogP contribution in [0.15, 0.2) is 42.5 Å². The first-order valence-electron chi connectivity index (χ1n) is 5.84. The average molecular weight is 264 g/mol. The first-order chi connectivity index (χ1) is 8.56. The van der Waals surface area contributed by atoms with Crippen LogP contribution in [0.5, 0.6) is 0 Å². The van der Waals surface area contributed by atoms with Crippen LogP contribution >= 0.6 is 11.6 Å². The number of anilines is 1. The summed E-state index contributed by atoms with van der Waals surface area (Å²) in [6.07, 6.45) is 0. The molecular formula is C15H15ClFN. The summed E-state index contributed by atoms with van der Waals surface area (Å²) in [4.78, 5) is 0. The number of aryl methyl sites for hydroxylation is 1. The van der Waals surface area contributed by atoms with Crippen molar-refractivity contribution in [3.8, 4) is 0 Å². The molecule has 0 saturated heterocycles. The van der Waals surface area contributed by atoms with Crippen molar-refractivity contribution in [2.75, 3.05) is 5.32 Å².